The summed E-state index contributed by atoms with van der Waals surface area (Å²) in [6, 6.07) is 13.0. The van der Waals surface area contributed by atoms with E-state index in [-0.39, 0.29) is 10.9 Å². The number of aryl methyl sites for hydroxylation is 1. The minimum atomic E-state index is -4.02. The quantitative estimate of drug-likeness (QED) is 0.277. The highest BCUT2D eigenvalue weighted by Gasteiger charge is 2.06. The molecule has 0 fully saturated rings. The Bertz CT molecular complexity index is 835. The van der Waals surface area contributed by atoms with Crippen molar-refractivity contribution < 1.29 is 18.2 Å². The van der Waals surface area contributed by atoms with Crippen molar-refractivity contribution in [2.45, 2.75) is 11.8 Å². The smallest absolute Gasteiger partial charge is 0.294 e. The van der Waals surface area contributed by atoms with E-state index in [9.17, 15) is 8.42 Å². The molecule has 0 aliphatic carbocycles. The molecule has 0 aliphatic heterocycles. The van der Waals surface area contributed by atoms with Gasteiger partial charge in [-0.25, -0.2) is 5.48 Å². The van der Waals surface area contributed by atoms with Gasteiger partial charge in [0.05, 0.1) is 11.1 Å². The summed E-state index contributed by atoms with van der Waals surface area (Å²) in [4.78, 5) is -0.0666. The number of rotatable bonds is 3. The molecule has 0 bridgehead atoms. The van der Waals surface area contributed by atoms with Gasteiger partial charge in [0.2, 0.25) is 5.96 Å². The third-order valence-electron chi connectivity index (χ3n) is 2.68. The molecule has 0 amide bonds. The first-order valence-corrected chi connectivity index (χ1v) is 8.60. The van der Waals surface area contributed by atoms with Crippen LogP contribution >= 0.6 is 11.6 Å². The number of hydroxylamine groups is 1. The van der Waals surface area contributed by atoms with Gasteiger partial charge in [0.15, 0.2) is 0 Å². The second-order valence-electron chi connectivity index (χ2n) is 4.68. The van der Waals surface area contributed by atoms with Gasteiger partial charge in [0, 0.05) is 5.02 Å². The highest BCUT2D eigenvalue weighted by atomic mass is 35.5. The molecule has 0 radical (unpaired) electrons. The Balaban J connectivity index is 0.000000257. The molecular formula is C15H17ClN4O4S. The molecule has 25 heavy (non-hydrogen) atoms. The van der Waals surface area contributed by atoms with E-state index in [4.69, 9.17) is 27.1 Å². The van der Waals surface area contributed by atoms with Crippen LogP contribution in [0.5, 0.6) is 0 Å². The molecule has 134 valence electrons. The topological polar surface area (TPSA) is 137 Å². The molecule has 0 aliphatic rings. The van der Waals surface area contributed by atoms with E-state index in [1.165, 1.54) is 18.3 Å². The fraction of sp³-hybridized carbons (Fsp3) is 0.0667. The van der Waals surface area contributed by atoms with Crippen LogP contribution in [0.1, 0.15) is 11.1 Å². The summed E-state index contributed by atoms with van der Waals surface area (Å²) in [6.07, 6.45) is 1.49. The van der Waals surface area contributed by atoms with Gasteiger partial charge in [0.1, 0.15) is 0 Å². The van der Waals surface area contributed by atoms with Crippen molar-refractivity contribution in [2.75, 3.05) is 0 Å². The summed E-state index contributed by atoms with van der Waals surface area (Å²) < 4.78 is 29.6. The van der Waals surface area contributed by atoms with Crippen LogP contribution < -0.4 is 11.2 Å². The number of nitrogens with zero attached hydrogens (tertiary/aromatic N) is 2. The number of halogens is 1. The maximum Gasteiger partial charge on any atom is 0.294 e. The fourth-order valence-electron chi connectivity index (χ4n) is 1.44. The molecular weight excluding hydrogens is 368 g/mol. The van der Waals surface area contributed by atoms with E-state index in [1.54, 1.807) is 41.9 Å². The monoisotopic (exact) mass is 384 g/mol. The number of guanidine groups is 1. The van der Waals surface area contributed by atoms with Crippen LogP contribution in [0.15, 0.2) is 63.6 Å². The average Bonchev–Trinajstić information content (AvgIpc) is 2.56. The van der Waals surface area contributed by atoms with Gasteiger partial charge >= 0.3 is 0 Å². The number of benzene rings is 2. The number of nitrogens with one attached hydrogen (secondary N) is 1. The molecule has 2 rings (SSSR count). The molecule has 2 aromatic carbocycles. The van der Waals surface area contributed by atoms with Crippen molar-refractivity contribution in [1.82, 2.24) is 5.48 Å². The number of nitrogens with two attached hydrogens (primary N) is 1. The van der Waals surface area contributed by atoms with Crippen LogP contribution in [0.4, 0.5) is 0 Å². The van der Waals surface area contributed by atoms with Crippen molar-refractivity contribution in [2.24, 2.45) is 15.9 Å². The molecule has 0 saturated carbocycles. The van der Waals surface area contributed by atoms with E-state index >= 15 is 0 Å². The predicted octanol–water partition coefficient (Wildman–Crippen LogP) is 2.21. The van der Waals surface area contributed by atoms with Crippen molar-refractivity contribution in [3.63, 3.8) is 0 Å². The van der Waals surface area contributed by atoms with Crippen LogP contribution in [0, 0.1) is 6.92 Å². The SMILES string of the molecule is Cc1ccc(S(=O)(=O)O)cc1.N/C(=N\N=C\c1ccc(Cl)cc1)NO. The largest absolute Gasteiger partial charge is 0.367 e. The van der Waals surface area contributed by atoms with Crippen molar-refractivity contribution in [3.8, 4) is 0 Å². The third kappa shape index (κ3) is 8.27. The molecule has 0 aromatic heterocycles. The first-order chi connectivity index (χ1) is 11.7. The van der Waals surface area contributed by atoms with Crippen LogP contribution in [0.2, 0.25) is 5.02 Å². The molecule has 0 unspecified atom stereocenters. The van der Waals surface area contributed by atoms with Crippen LogP contribution in [-0.4, -0.2) is 30.4 Å². The van der Waals surface area contributed by atoms with E-state index < -0.39 is 10.1 Å². The molecule has 0 saturated heterocycles. The highest BCUT2D eigenvalue weighted by molar-refractivity contribution is 7.85. The summed E-state index contributed by atoms with van der Waals surface area (Å²) in [6.45, 7) is 1.84. The first-order valence-electron chi connectivity index (χ1n) is 6.78. The van der Waals surface area contributed by atoms with Crippen molar-refractivity contribution in [1.29, 1.82) is 0 Å². The summed E-state index contributed by atoms with van der Waals surface area (Å²) in [5.74, 6) is -0.171. The summed E-state index contributed by atoms with van der Waals surface area (Å²) in [5, 5.41) is 16.0. The standard InChI is InChI=1S/C8H9ClN4O.C7H8O3S/c9-7-3-1-6(2-4-7)5-11-12-8(10)13-14;1-6-2-4-7(5-3-6)11(8,9)10/h1-5,14H,(H3,10,12,13);2-5H,1H3,(H,8,9,10)/b11-5+;. The van der Waals surface area contributed by atoms with Crippen LogP contribution in [0.25, 0.3) is 0 Å². The van der Waals surface area contributed by atoms with Gasteiger partial charge in [-0.15, -0.1) is 5.10 Å². The van der Waals surface area contributed by atoms with Gasteiger partial charge in [-0.2, -0.15) is 13.5 Å². The Labute approximate surface area is 150 Å². The van der Waals surface area contributed by atoms with Gasteiger partial charge < -0.3 is 5.73 Å². The number of hydrogen-bond donors (Lipinski definition) is 4. The van der Waals surface area contributed by atoms with Gasteiger partial charge in [-0.05, 0) is 36.8 Å². The van der Waals surface area contributed by atoms with E-state index in [2.05, 4.69) is 10.2 Å². The first kappa shape index (κ1) is 20.6. The maximum absolute atomic E-state index is 10.5. The Morgan fingerprint density at radius 1 is 1.16 bits per heavy atom. The zero-order valence-corrected chi connectivity index (χ0v) is 14.7. The molecule has 0 spiro atoms. The maximum atomic E-state index is 10.5. The molecule has 2 aromatic rings. The van der Waals surface area contributed by atoms with E-state index in [1.807, 2.05) is 6.92 Å². The lowest BCUT2D eigenvalue weighted by Crippen LogP contribution is -2.27. The summed E-state index contributed by atoms with van der Waals surface area (Å²) >= 11 is 5.68. The van der Waals surface area contributed by atoms with Crippen LogP contribution in [0.3, 0.4) is 0 Å². The molecule has 0 atom stereocenters. The minimum Gasteiger partial charge on any atom is -0.367 e. The van der Waals surface area contributed by atoms with Crippen molar-refractivity contribution in [3.05, 3.63) is 64.7 Å². The normalized spacial score (nSPS) is 11.8. The van der Waals surface area contributed by atoms with E-state index in [0.717, 1.165) is 11.1 Å². The predicted molar refractivity (Wildman–Crippen MR) is 96.6 cm³/mol. The molecule has 10 heteroatoms. The fourth-order valence-corrected chi connectivity index (χ4v) is 2.05. The Morgan fingerprint density at radius 2 is 1.72 bits per heavy atom. The van der Waals surface area contributed by atoms with Crippen molar-refractivity contribution >= 4 is 33.9 Å². The Hall–Kier alpha value is -2.46. The molecule has 8 nitrogen and oxygen atoms in total. The lowest BCUT2D eigenvalue weighted by molar-refractivity contribution is 0.232. The lowest BCUT2D eigenvalue weighted by atomic mass is 10.2. The van der Waals surface area contributed by atoms with Gasteiger partial charge in [-0.3, -0.25) is 9.76 Å². The van der Waals surface area contributed by atoms with E-state index in [0.29, 0.717) is 5.02 Å². The zero-order chi connectivity index (χ0) is 18.9. The average molecular weight is 385 g/mol. The lowest BCUT2D eigenvalue weighted by Gasteiger charge is -1.95. The number of hydrogen-bond acceptors (Lipinski definition) is 5. The highest BCUT2D eigenvalue weighted by Crippen LogP contribution is 2.09. The van der Waals surface area contributed by atoms with Gasteiger partial charge in [0.25, 0.3) is 10.1 Å². The second kappa shape index (κ2) is 9.74. The third-order valence-corrected chi connectivity index (χ3v) is 3.80. The second-order valence-corrected chi connectivity index (χ2v) is 6.54. The Kier molecular flexibility index (Phi) is 8.02. The summed E-state index contributed by atoms with van der Waals surface area (Å²) in [5.41, 5.74) is 8.56. The zero-order valence-electron chi connectivity index (χ0n) is 13.2. The van der Waals surface area contributed by atoms with Crippen LogP contribution in [-0.2, 0) is 10.1 Å². The van der Waals surface area contributed by atoms with Gasteiger partial charge in [-0.1, -0.05) is 41.4 Å². The molecule has 5 N–H and O–H groups in total. The summed E-state index contributed by atoms with van der Waals surface area (Å²) in [7, 11) is -4.02. The minimum absolute atomic E-state index is 0.0666. The molecule has 0 heterocycles. The Morgan fingerprint density at radius 3 is 2.20 bits per heavy atom.